The van der Waals surface area contributed by atoms with E-state index >= 15 is 0 Å². The van der Waals surface area contributed by atoms with Gasteiger partial charge in [0, 0.05) is 25.5 Å². The number of fused-ring (bicyclic) bond motifs is 1. The molecule has 0 spiro atoms. The Hall–Kier alpha value is -1.30. The lowest BCUT2D eigenvalue weighted by Crippen LogP contribution is -2.35. The number of halogens is 3. The first-order valence-corrected chi connectivity index (χ1v) is 6.52. The van der Waals surface area contributed by atoms with Gasteiger partial charge in [0.25, 0.3) is 0 Å². The number of hydrogen-bond acceptors (Lipinski definition) is 3. The molecule has 2 aliphatic heterocycles. The summed E-state index contributed by atoms with van der Waals surface area (Å²) in [6, 6.07) is 1.48. The zero-order chi connectivity index (χ0) is 13.5. The van der Waals surface area contributed by atoms with Gasteiger partial charge in [-0.1, -0.05) is 0 Å². The van der Waals surface area contributed by atoms with Crippen LogP contribution in [-0.4, -0.2) is 31.2 Å². The van der Waals surface area contributed by atoms with Crippen molar-refractivity contribution < 1.29 is 13.2 Å². The Labute approximate surface area is 109 Å². The highest BCUT2D eigenvalue weighted by Crippen LogP contribution is 2.39. The van der Waals surface area contributed by atoms with Gasteiger partial charge in [-0.3, -0.25) is 4.98 Å². The second-order valence-corrected chi connectivity index (χ2v) is 5.31. The van der Waals surface area contributed by atoms with Crippen molar-refractivity contribution in [3.05, 3.63) is 24.0 Å². The minimum absolute atomic E-state index is 0.275. The van der Waals surface area contributed by atoms with Gasteiger partial charge in [-0.25, -0.2) is 0 Å². The second-order valence-electron chi connectivity index (χ2n) is 5.31. The lowest BCUT2D eigenvalue weighted by Gasteiger charge is -2.23. The van der Waals surface area contributed by atoms with Crippen LogP contribution in [0.4, 0.5) is 18.9 Å². The van der Waals surface area contributed by atoms with Crippen molar-refractivity contribution >= 4 is 5.69 Å². The number of alkyl halides is 3. The quantitative estimate of drug-likeness (QED) is 0.848. The lowest BCUT2D eigenvalue weighted by atomic mass is 9.90. The number of piperidine rings is 1. The van der Waals surface area contributed by atoms with Crippen LogP contribution < -0.4 is 10.2 Å². The van der Waals surface area contributed by atoms with Gasteiger partial charge in [0.15, 0.2) is 0 Å². The van der Waals surface area contributed by atoms with Gasteiger partial charge in [0.2, 0.25) is 0 Å². The minimum Gasteiger partial charge on any atom is -0.370 e. The number of nitrogens with one attached hydrogen (secondary N) is 1. The second kappa shape index (κ2) is 4.67. The van der Waals surface area contributed by atoms with Gasteiger partial charge in [-0.05, 0) is 37.4 Å². The molecule has 1 aromatic rings. The van der Waals surface area contributed by atoms with Gasteiger partial charge < -0.3 is 10.2 Å². The Balaban J connectivity index is 1.87. The Kier molecular flexibility index (Phi) is 3.12. The monoisotopic (exact) mass is 271 g/mol. The van der Waals surface area contributed by atoms with E-state index < -0.39 is 11.7 Å². The van der Waals surface area contributed by atoms with E-state index in [0.29, 0.717) is 18.4 Å². The van der Waals surface area contributed by atoms with Gasteiger partial charge in [0.1, 0.15) is 0 Å². The molecule has 6 heteroatoms. The molecule has 0 radical (unpaired) electrons. The zero-order valence-corrected chi connectivity index (χ0v) is 10.5. The molecule has 0 aromatic carbocycles. The molecule has 1 N–H and O–H groups in total. The van der Waals surface area contributed by atoms with E-state index in [9.17, 15) is 13.2 Å². The predicted octanol–water partition coefficient (Wildman–Crippen LogP) is 2.15. The molecular weight excluding hydrogens is 255 g/mol. The molecule has 3 rings (SSSR count). The summed E-state index contributed by atoms with van der Waals surface area (Å²) in [6.45, 7) is 3.30. The van der Waals surface area contributed by atoms with Crippen LogP contribution in [0.3, 0.4) is 0 Å². The Morgan fingerprint density at radius 1 is 1.26 bits per heavy atom. The molecule has 3 nitrogen and oxygen atoms in total. The smallest absolute Gasteiger partial charge is 0.370 e. The standard InChI is InChI=1S/C13H16F3N3/c14-13(15,16)11-6-18-4-2-12(11)19-7-9-1-3-17-5-10(9)8-19/h2,4,6,9-10,17H,1,3,5,7-8H2/t9-,10+/m0/s1. The Morgan fingerprint density at radius 2 is 2.05 bits per heavy atom. The maximum Gasteiger partial charge on any atom is 0.419 e. The molecular formula is C13H16F3N3. The van der Waals surface area contributed by atoms with Crippen LogP contribution in [0.15, 0.2) is 18.5 Å². The van der Waals surface area contributed by atoms with Crippen LogP contribution in [0.5, 0.6) is 0 Å². The topological polar surface area (TPSA) is 28.2 Å². The van der Waals surface area contributed by atoms with E-state index in [2.05, 4.69) is 10.3 Å². The van der Waals surface area contributed by atoms with Gasteiger partial charge >= 0.3 is 6.18 Å². The molecule has 2 atom stereocenters. The van der Waals surface area contributed by atoms with E-state index in [1.165, 1.54) is 12.3 Å². The highest BCUT2D eigenvalue weighted by Gasteiger charge is 2.39. The Bertz CT molecular complexity index is 447. The number of nitrogens with zero attached hydrogens (tertiary/aromatic N) is 2. The molecule has 2 fully saturated rings. The van der Waals surface area contributed by atoms with Crippen LogP contribution in [0.25, 0.3) is 0 Å². The molecule has 0 saturated carbocycles. The molecule has 19 heavy (non-hydrogen) atoms. The Morgan fingerprint density at radius 3 is 2.79 bits per heavy atom. The summed E-state index contributed by atoms with van der Waals surface area (Å²) in [5.41, 5.74) is -0.349. The van der Waals surface area contributed by atoms with Crippen LogP contribution >= 0.6 is 0 Å². The van der Waals surface area contributed by atoms with Crippen LogP contribution in [-0.2, 0) is 6.18 Å². The molecule has 2 aliphatic rings. The van der Waals surface area contributed by atoms with Crippen molar-refractivity contribution in [3.8, 4) is 0 Å². The molecule has 104 valence electrons. The fraction of sp³-hybridized carbons (Fsp3) is 0.615. The molecule has 2 saturated heterocycles. The average molecular weight is 271 g/mol. The maximum absolute atomic E-state index is 13.0. The molecule has 0 amide bonds. The summed E-state index contributed by atoms with van der Waals surface area (Å²) >= 11 is 0. The largest absolute Gasteiger partial charge is 0.419 e. The fourth-order valence-electron chi connectivity index (χ4n) is 3.15. The maximum atomic E-state index is 13.0. The van der Waals surface area contributed by atoms with E-state index in [-0.39, 0.29) is 5.69 Å². The van der Waals surface area contributed by atoms with Gasteiger partial charge in [-0.15, -0.1) is 0 Å². The highest BCUT2D eigenvalue weighted by atomic mass is 19.4. The lowest BCUT2D eigenvalue weighted by molar-refractivity contribution is -0.137. The average Bonchev–Trinajstić information content (AvgIpc) is 2.81. The molecule has 0 aliphatic carbocycles. The van der Waals surface area contributed by atoms with Crippen molar-refractivity contribution in [2.45, 2.75) is 12.6 Å². The minimum atomic E-state index is -4.34. The van der Waals surface area contributed by atoms with Crippen molar-refractivity contribution in [1.82, 2.24) is 10.3 Å². The number of hydrogen-bond donors (Lipinski definition) is 1. The van der Waals surface area contributed by atoms with Crippen LogP contribution in [0.1, 0.15) is 12.0 Å². The third-order valence-electron chi connectivity index (χ3n) is 4.12. The van der Waals surface area contributed by atoms with Crippen LogP contribution in [0, 0.1) is 11.8 Å². The van der Waals surface area contributed by atoms with Gasteiger partial charge in [-0.2, -0.15) is 13.2 Å². The summed E-state index contributed by atoms with van der Waals surface area (Å²) in [5.74, 6) is 0.971. The number of anilines is 1. The van der Waals surface area contributed by atoms with E-state index in [1.54, 1.807) is 0 Å². The van der Waals surface area contributed by atoms with E-state index in [4.69, 9.17) is 0 Å². The first-order chi connectivity index (χ1) is 9.05. The zero-order valence-electron chi connectivity index (χ0n) is 10.5. The molecule has 1 aromatic heterocycles. The van der Waals surface area contributed by atoms with Crippen molar-refractivity contribution in [2.24, 2.45) is 11.8 Å². The SMILES string of the molecule is FC(F)(F)c1cnccc1N1C[C@H]2CNCC[C@H]2C1. The number of aromatic nitrogens is 1. The van der Waals surface area contributed by atoms with Gasteiger partial charge in [0.05, 0.1) is 11.3 Å². The van der Waals surface area contributed by atoms with Crippen LogP contribution in [0.2, 0.25) is 0 Å². The van der Waals surface area contributed by atoms with Crippen molar-refractivity contribution in [1.29, 1.82) is 0 Å². The summed E-state index contributed by atoms with van der Waals surface area (Å²) < 4.78 is 39.0. The fourth-order valence-corrected chi connectivity index (χ4v) is 3.15. The van der Waals surface area contributed by atoms with E-state index in [1.807, 2.05) is 4.90 Å². The number of pyridine rings is 1. The highest BCUT2D eigenvalue weighted by molar-refractivity contribution is 5.54. The predicted molar refractivity (Wildman–Crippen MR) is 65.9 cm³/mol. The third-order valence-corrected chi connectivity index (χ3v) is 4.12. The first-order valence-electron chi connectivity index (χ1n) is 6.52. The molecule has 3 heterocycles. The summed E-state index contributed by atoms with van der Waals surface area (Å²) in [6.07, 6.45) is -0.927. The third kappa shape index (κ3) is 2.41. The number of rotatable bonds is 1. The first kappa shape index (κ1) is 12.7. The molecule has 0 unspecified atom stereocenters. The molecule has 0 bridgehead atoms. The summed E-state index contributed by atoms with van der Waals surface area (Å²) in [4.78, 5) is 5.48. The summed E-state index contributed by atoms with van der Waals surface area (Å²) in [5, 5.41) is 3.31. The van der Waals surface area contributed by atoms with Crippen molar-refractivity contribution in [3.63, 3.8) is 0 Å². The van der Waals surface area contributed by atoms with Crippen molar-refractivity contribution in [2.75, 3.05) is 31.1 Å². The normalized spacial score (nSPS) is 27.4. The van der Waals surface area contributed by atoms with E-state index in [0.717, 1.165) is 32.3 Å². The summed E-state index contributed by atoms with van der Waals surface area (Å²) in [7, 11) is 0.